The van der Waals surface area contributed by atoms with Crippen molar-refractivity contribution in [3.63, 3.8) is 0 Å². The average Bonchev–Trinajstić information content (AvgIpc) is 1.84. The van der Waals surface area contributed by atoms with Gasteiger partial charge in [0, 0.05) is 12.6 Å². The predicted octanol–water partition coefficient (Wildman–Crippen LogP) is 0.465. The van der Waals surface area contributed by atoms with E-state index in [9.17, 15) is 4.79 Å². The third-order valence-corrected chi connectivity index (χ3v) is 1.41. The number of hydrogen-bond acceptors (Lipinski definition) is 2. The van der Waals surface area contributed by atoms with Crippen molar-refractivity contribution in [2.24, 2.45) is 0 Å². The minimum Gasteiger partial charge on any atom is -0.393 e. The van der Waals surface area contributed by atoms with Crippen LogP contribution in [0.5, 0.6) is 0 Å². The molecule has 2 amide bonds. The number of carbonyl (C=O) groups is 1. The molecular weight excluding hydrogens is 156 g/mol. The Bertz CT molecular complexity index is 137. The van der Waals surface area contributed by atoms with Gasteiger partial charge in [-0.25, -0.2) is 4.79 Å². The van der Waals surface area contributed by atoms with Crippen LogP contribution in [0.1, 0.15) is 27.2 Å². The van der Waals surface area contributed by atoms with Crippen molar-refractivity contribution in [1.82, 2.24) is 10.6 Å². The summed E-state index contributed by atoms with van der Waals surface area (Å²) in [5.41, 5.74) is 0. The molecule has 0 aliphatic rings. The fourth-order valence-electron chi connectivity index (χ4n) is 1.01. The molecule has 4 heteroatoms. The van der Waals surface area contributed by atoms with Crippen LogP contribution in [-0.2, 0) is 0 Å². The Hall–Kier alpha value is -0.770. The summed E-state index contributed by atoms with van der Waals surface area (Å²) < 4.78 is 0. The number of carbonyl (C=O) groups excluding carboxylic acids is 1. The number of rotatable bonds is 4. The Morgan fingerprint density at radius 2 is 2.08 bits per heavy atom. The Morgan fingerprint density at radius 3 is 2.50 bits per heavy atom. The van der Waals surface area contributed by atoms with Crippen LogP contribution >= 0.6 is 0 Å². The van der Waals surface area contributed by atoms with Crippen LogP contribution in [0.3, 0.4) is 0 Å². The van der Waals surface area contributed by atoms with Gasteiger partial charge in [0.05, 0.1) is 6.10 Å². The van der Waals surface area contributed by atoms with E-state index in [4.69, 9.17) is 5.11 Å². The second kappa shape index (κ2) is 5.83. The molecule has 0 saturated heterocycles. The summed E-state index contributed by atoms with van der Waals surface area (Å²) in [6, 6.07) is -0.165. The fraction of sp³-hybridized carbons (Fsp3) is 0.875. The van der Waals surface area contributed by atoms with E-state index >= 15 is 0 Å². The first kappa shape index (κ1) is 11.2. The van der Waals surface area contributed by atoms with E-state index in [1.165, 1.54) is 0 Å². The maximum atomic E-state index is 10.9. The van der Waals surface area contributed by atoms with E-state index in [1.807, 2.05) is 13.8 Å². The van der Waals surface area contributed by atoms with E-state index in [0.717, 1.165) is 0 Å². The lowest BCUT2D eigenvalue weighted by molar-refractivity contribution is 0.170. The molecule has 0 bridgehead atoms. The lowest BCUT2D eigenvalue weighted by Gasteiger charge is -2.15. The fourth-order valence-corrected chi connectivity index (χ4v) is 1.01. The molecule has 0 aromatic carbocycles. The van der Waals surface area contributed by atoms with Gasteiger partial charge in [-0.05, 0) is 27.2 Å². The Balaban J connectivity index is 3.54. The summed E-state index contributed by atoms with van der Waals surface area (Å²) >= 11 is 0. The Labute approximate surface area is 73.3 Å². The summed E-state index contributed by atoms with van der Waals surface area (Å²) in [5.74, 6) is 0. The minimum atomic E-state index is -0.373. The molecule has 0 aromatic heterocycles. The third kappa shape index (κ3) is 5.97. The molecule has 0 aliphatic heterocycles. The van der Waals surface area contributed by atoms with Crippen LogP contribution in [0.25, 0.3) is 0 Å². The molecule has 0 aromatic rings. The van der Waals surface area contributed by atoms with E-state index in [-0.39, 0.29) is 18.2 Å². The molecule has 4 nitrogen and oxygen atoms in total. The van der Waals surface area contributed by atoms with Crippen LogP contribution in [-0.4, -0.2) is 29.8 Å². The topological polar surface area (TPSA) is 61.4 Å². The quantitative estimate of drug-likeness (QED) is 0.580. The molecule has 0 fully saturated rings. The first-order chi connectivity index (χ1) is 5.56. The van der Waals surface area contributed by atoms with Gasteiger partial charge in [0.1, 0.15) is 0 Å². The van der Waals surface area contributed by atoms with Crippen molar-refractivity contribution in [1.29, 1.82) is 0 Å². The summed E-state index contributed by atoms with van der Waals surface area (Å²) in [6.45, 7) is 6.05. The number of aliphatic hydroxyl groups is 1. The molecule has 0 rings (SSSR count). The van der Waals surface area contributed by atoms with Crippen molar-refractivity contribution < 1.29 is 9.90 Å². The maximum absolute atomic E-state index is 10.9. The molecule has 2 atom stereocenters. The van der Waals surface area contributed by atoms with Crippen molar-refractivity contribution in [3.05, 3.63) is 0 Å². The molecule has 0 spiro atoms. The second-order valence-electron chi connectivity index (χ2n) is 2.99. The van der Waals surface area contributed by atoms with Crippen molar-refractivity contribution in [2.45, 2.75) is 39.3 Å². The SMILES string of the molecule is CCNC(=O)NC(C)CC(C)O. The Kier molecular flexibility index (Phi) is 5.45. The van der Waals surface area contributed by atoms with Gasteiger partial charge in [-0.1, -0.05) is 0 Å². The van der Waals surface area contributed by atoms with Gasteiger partial charge in [0.2, 0.25) is 0 Å². The zero-order valence-electron chi connectivity index (χ0n) is 7.92. The molecular formula is C8H18N2O2. The van der Waals surface area contributed by atoms with E-state index in [1.54, 1.807) is 6.92 Å². The van der Waals surface area contributed by atoms with Gasteiger partial charge in [-0.3, -0.25) is 0 Å². The van der Waals surface area contributed by atoms with Crippen LogP contribution in [0.4, 0.5) is 4.79 Å². The number of urea groups is 1. The standard InChI is InChI=1S/C8H18N2O2/c1-4-9-8(12)10-6(2)5-7(3)11/h6-7,11H,4-5H2,1-3H3,(H2,9,10,12). The maximum Gasteiger partial charge on any atom is 0.314 e. The smallest absolute Gasteiger partial charge is 0.314 e. The predicted molar refractivity (Wildman–Crippen MR) is 48.0 cm³/mol. The lowest BCUT2D eigenvalue weighted by atomic mass is 10.2. The van der Waals surface area contributed by atoms with Crippen molar-refractivity contribution >= 4 is 6.03 Å². The second-order valence-corrected chi connectivity index (χ2v) is 2.99. The highest BCUT2D eigenvalue weighted by atomic mass is 16.3. The van der Waals surface area contributed by atoms with Crippen molar-refractivity contribution in [2.75, 3.05) is 6.54 Å². The van der Waals surface area contributed by atoms with Gasteiger partial charge >= 0.3 is 6.03 Å². The minimum absolute atomic E-state index is 0.0107. The normalized spacial score (nSPS) is 15.0. The molecule has 12 heavy (non-hydrogen) atoms. The van der Waals surface area contributed by atoms with Crippen LogP contribution in [0, 0.1) is 0 Å². The highest BCUT2D eigenvalue weighted by molar-refractivity contribution is 5.73. The first-order valence-electron chi connectivity index (χ1n) is 4.28. The van der Waals surface area contributed by atoms with Gasteiger partial charge in [0.25, 0.3) is 0 Å². The zero-order valence-corrected chi connectivity index (χ0v) is 7.92. The number of aliphatic hydroxyl groups excluding tert-OH is 1. The number of hydrogen-bond donors (Lipinski definition) is 3. The lowest BCUT2D eigenvalue weighted by Crippen LogP contribution is -2.41. The van der Waals surface area contributed by atoms with Gasteiger partial charge in [-0.2, -0.15) is 0 Å². The van der Waals surface area contributed by atoms with E-state index < -0.39 is 0 Å². The highest BCUT2D eigenvalue weighted by Gasteiger charge is 2.07. The molecule has 0 saturated carbocycles. The summed E-state index contributed by atoms with van der Waals surface area (Å²) in [5, 5.41) is 14.3. The van der Waals surface area contributed by atoms with Crippen LogP contribution < -0.4 is 10.6 Å². The largest absolute Gasteiger partial charge is 0.393 e. The number of nitrogens with one attached hydrogen (secondary N) is 2. The molecule has 72 valence electrons. The van der Waals surface area contributed by atoms with E-state index in [2.05, 4.69) is 10.6 Å². The molecule has 0 radical (unpaired) electrons. The zero-order chi connectivity index (χ0) is 9.56. The van der Waals surface area contributed by atoms with E-state index in [0.29, 0.717) is 13.0 Å². The number of amides is 2. The van der Waals surface area contributed by atoms with Crippen molar-refractivity contribution in [3.8, 4) is 0 Å². The van der Waals surface area contributed by atoms with Crippen LogP contribution in [0.15, 0.2) is 0 Å². The summed E-state index contributed by atoms with van der Waals surface area (Å²) in [6.07, 6.45) is 0.207. The molecule has 0 heterocycles. The Morgan fingerprint density at radius 1 is 1.50 bits per heavy atom. The summed E-state index contributed by atoms with van der Waals surface area (Å²) in [4.78, 5) is 10.9. The van der Waals surface area contributed by atoms with Gasteiger partial charge in [-0.15, -0.1) is 0 Å². The van der Waals surface area contributed by atoms with Gasteiger partial charge < -0.3 is 15.7 Å². The molecule has 0 aliphatic carbocycles. The third-order valence-electron chi connectivity index (χ3n) is 1.41. The first-order valence-corrected chi connectivity index (χ1v) is 4.28. The van der Waals surface area contributed by atoms with Crippen LogP contribution in [0.2, 0.25) is 0 Å². The summed E-state index contributed by atoms with van der Waals surface area (Å²) in [7, 11) is 0. The highest BCUT2D eigenvalue weighted by Crippen LogP contribution is 1.95. The average molecular weight is 174 g/mol. The van der Waals surface area contributed by atoms with Gasteiger partial charge in [0.15, 0.2) is 0 Å². The monoisotopic (exact) mass is 174 g/mol. The molecule has 2 unspecified atom stereocenters. The molecule has 3 N–H and O–H groups in total.